The number of carbonyl (C=O) groups excluding carboxylic acids is 6. The lowest BCUT2D eigenvalue weighted by Gasteiger charge is -2.30. The number of hydrogen-bond acceptors (Lipinski definition) is 11. The molecule has 0 spiro atoms. The summed E-state index contributed by atoms with van der Waals surface area (Å²) in [4.78, 5) is 87.6. The van der Waals surface area contributed by atoms with Gasteiger partial charge in [0.05, 0.1) is 18.8 Å². The number of hydrogen-bond donors (Lipinski definition) is 6. The highest BCUT2D eigenvalue weighted by atomic mass is 16.5. The zero-order valence-electron chi connectivity index (χ0n) is 32.5. The fourth-order valence-electron chi connectivity index (χ4n) is 6.95. The van der Waals surface area contributed by atoms with Gasteiger partial charge in [0, 0.05) is 32.4 Å². The molecule has 17 nitrogen and oxygen atoms in total. The highest BCUT2D eigenvalue weighted by molar-refractivity contribution is 5.97. The second-order valence-corrected chi connectivity index (χ2v) is 14.3. The van der Waals surface area contributed by atoms with Crippen LogP contribution in [-0.4, -0.2) is 112 Å². The summed E-state index contributed by atoms with van der Waals surface area (Å²) in [5, 5.41) is 28.3. The van der Waals surface area contributed by atoms with E-state index in [2.05, 4.69) is 36.7 Å². The number of benzene rings is 2. The maximum Gasteiger partial charge on any atom is 0.246 e. The summed E-state index contributed by atoms with van der Waals surface area (Å²) >= 11 is 0. The molecule has 5 rings (SSSR count). The van der Waals surface area contributed by atoms with Crippen molar-refractivity contribution >= 4 is 35.4 Å². The quantitative estimate of drug-likeness (QED) is 0.169. The zero-order chi connectivity index (χ0) is 40.9. The summed E-state index contributed by atoms with van der Waals surface area (Å²) in [7, 11) is 1.53. The standard InChI is InChI=1S/C40H52N8O9/c1-4-27-36(51)46-34(24(2)49)39(54)44-29(23-25-13-6-5-7-14-25)40(55)48-22-12-17-30(48)38(53)41-21-11-10-16-28(37(52)43-27)42-32(50)19-20-33-45-35(47-57-33)26-15-8-9-18-31(26)56-3/h5-9,13-15,18,24,27-30,34,49H,4,10-12,16-17,19-23H2,1-3H3,(H,41,53)(H,42,50)(H,43,52)(H,44,54)(H,46,51)/t24-,27+,28+,29-,30+,34+/m1/s1. The summed E-state index contributed by atoms with van der Waals surface area (Å²) < 4.78 is 10.7. The van der Waals surface area contributed by atoms with Gasteiger partial charge in [0.2, 0.25) is 47.2 Å². The molecule has 6 amide bonds. The number of carbonyl (C=O) groups is 6. The van der Waals surface area contributed by atoms with Gasteiger partial charge in [-0.1, -0.05) is 54.5 Å². The summed E-state index contributed by atoms with van der Waals surface area (Å²) in [5.41, 5.74) is 1.38. The van der Waals surface area contributed by atoms with Crippen LogP contribution in [0.25, 0.3) is 11.4 Å². The molecular weight excluding hydrogens is 736 g/mol. The average molecular weight is 789 g/mol. The Balaban J connectivity index is 1.31. The number of fused-ring (bicyclic) bond motifs is 1. The zero-order valence-corrected chi connectivity index (χ0v) is 32.5. The molecule has 57 heavy (non-hydrogen) atoms. The first-order valence-corrected chi connectivity index (χ1v) is 19.5. The number of aliphatic hydroxyl groups is 1. The highest BCUT2D eigenvalue weighted by Crippen LogP contribution is 2.27. The summed E-state index contributed by atoms with van der Waals surface area (Å²) in [6.45, 7) is 3.56. The number of aromatic nitrogens is 2. The fraction of sp³-hybridized carbons (Fsp3) is 0.500. The van der Waals surface area contributed by atoms with Crippen molar-refractivity contribution < 1.29 is 43.1 Å². The van der Waals surface area contributed by atoms with Crippen molar-refractivity contribution in [1.29, 1.82) is 0 Å². The molecule has 2 saturated heterocycles. The summed E-state index contributed by atoms with van der Waals surface area (Å²) in [6, 6.07) is 10.7. The largest absolute Gasteiger partial charge is 0.496 e. The molecule has 2 aromatic carbocycles. The third-order valence-corrected chi connectivity index (χ3v) is 10.1. The van der Waals surface area contributed by atoms with Crippen LogP contribution in [0, 0.1) is 0 Å². The van der Waals surface area contributed by atoms with Crippen LogP contribution < -0.4 is 31.3 Å². The molecule has 3 heterocycles. The Hall–Kier alpha value is -5.84. The van der Waals surface area contributed by atoms with Crippen molar-refractivity contribution in [3.8, 4) is 17.1 Å². The van der Waals surface area contributed by atoms with Crippen molar-refractivity contribution in [3.63, 3.8) is 0 Å². The van der Waals surface area contributed by atoms with Crippen LogP contribution in [0.3, 0.4) is 0 Å². The van der Waals surface area contributed by atoms with E-state index in [0.717, 1.165) is 5.56 Å². The Morgan fingerprint density at radius 1 is 0.930 bits per heavy atom. The molecule has 0 bridgehead atoms. The van der Waals surface area contributed by atoms with Crippen LogP contribution in [0.1, 0.15) is 70.2 Å². The van der Waals surface area contributed by atoms with E-state index in [1.807, 2.05) is 30.3 Å². The van der Waals surface area contributed by atoms with Crippen LogP contribution in [0.15, 0.2) is 59.1 Å². The molecule has 2 fully saturated rings. The van der Waals surface area contributed by atoms with Crippen LogP contribution in [0.2, 0.25) is 0 Å². The number of aryl methyl sites for hydroxylation is 1. The molecule has 2 aliphatic heterocycles. The van der Waals surface area contributed by atoms with Gasteiger partial charge in [-0.2, -0.15) is 4.98 Å². The van der Waals surface area contributed by atoms with E-state index in [-0.39, 0.29) is 50.4 Å². The topological polar surface area (TPSA) is 234 Å². The molecule has 3 aromatic rings. The van der Waals surface area contributed by atoms with Gasteiger partial charge in [0.1, 0.15) is 36.0 Å². The maximum atomic E-state index is 14.1. The average Bonchev–Trinajstić information content (AvgIpc) is 3.90. The van der Waals surface area contributed by atoms with E-state index < -0.39 is 65.8 Å². The molecule has 0 saturated carbocycles. The molecule has 2 aliphatic rings. The van der Waals surface area contributed by atoms with Gasteiger partial charge in [-0.15, -0.1) is 0 Å². The highest BCUT2D eigenvalue weighted by Gasteiger charge is 2.39. The number of ether oxygens (including phenoxy) is 1. The van der Waals surface area contributed by atoms with Gasteiger partial charge >= 0.3 is 0 Å². The fourth-order valence-corrected chi connectivity index (χ4v) is 6.95. The van der Waals surface area contributed by atoms with Crippen LogP contribution in [0.4, 0.5) is 0 Å². The number of aliphatic hydroxyl groups excluding tert-OH is 1. The molecule has 0 radical (unpaired) electrons. The monoisotopic (exact) mass is 788 g/mol. The Kier molecular flexibility index (Phi) is 15.1. The molecule has 6 N–H and O–H groups in total. The number of rotatable bonds is 10. The van der Waals surface area contributed by atoms with E-state index >= 15 is 0 Å². The van der Waals surface area contributed by atoms with Gasteiger partial charge in [0.15, 0.2) is 0 Å². The van der Waals surface area contributed by atoms with E-state index in [4.69, 9.17) is 9.26 Å². The van der Waals surface area contributed by atoms with E-state index in [1.54, 1.807) is 31.2 Å². The Bertz CT molecular complexity index is 1870. The van der Waals surface area contributed by atoms with E-state index in [9.17, 15) is 33.9 Å². The first-order valence-electron chi connectivity index (χ1n) is 19.5. The lowest BCUT2D eigenvalue weighted by atomic mass is 10.0. The molecule has 6 atom stereocenters. The van der Waals surface area contributed by atoms with Crippen molar-refractivity contribution in [2.24, 2.45) is 0 Å². The summed E-state index contributed by atoms with van der Waals surface area (Å²) in [5.74, 6) is -2.37. The first-order chi connectivity index (χ1) is 27.5. The molecule has 0 unspecified atom stereocenters. The second-order valence-electron chi connectivity index (χ2n) is 14.3. The van der Waals surface area contributed by atoms with Crippen molar-refractivity contribution in [1.82, 2.24) is 41.6 Å². The van der Waals surface area contributed by atoms with Gasteiger partial charge in [0.25, 0.3) is 0 Å². The smallest absolute Gasteiger partial charge is 0.246 e. The Morgan fingerprint density at radius 2 is 1.67 bits per heavy atom. The normalized spacial score (nSPS) is 23.4. The van der Waals surface area contributed by atoms with Crippen molar-refractivity contribution in [2.75, 3.05) is 20.2 Å². The Labute approximate surface area is 331 Å². The lowest BCUT2D eigenvalue weighted by Crippen LogP contribution is -2.61. The van der Waals surface area contributed by atoms with E-state index in [0.29, 0.717) is 49.4 Å². The minimum Gasteiger partial charge on any atom is -0.496 e. The van der Waals surface area contributed by atoms with Crippen LogP contribution in [0.5, 0.6) is 5.75 Å². The SMILES string of the molecule is CC[C@@H]1NC(=O)[C@@H](NC(=O)CCc2nc(-c3ccccc3OC)no2)CCCCNC(=O)[C@@H]2CCCN2C(=O)[C@@H](Cc2ccccc2)NC(=O)[C@H]([C@@H](C)O)NC1=O. The number of para-hydroxylation sites is 1. The first kappa shape index (κ1) is 42.3. The minimum atomic E-state index is -1.49. The molecule has 306 valence electrons. The van der Waals surface area contributed by atoms with Crippen molar-refractivity contribution in [2.45, 2.75) is 108 Å². The molecule has 17 heteroatoms. The van der Waals surface area contributed by atoms with E-state index in [1.165, 1.54) is 18.9 Å². The predicted octanol–water partition coefficient (Wildman–Crippen LogP) is 0.942. The maximum absolute atomic E-state index is 14.1. The number of methoxy groups -OCH3 is 1. The third-order valence-electron chi connectivity index (χ3n) is 10.1. The van der Waals surface area contributed by atoms with Gasteiger partial charge in [-0.05, 0) is 63.1 Å². The van der Waals surface area contributed by atoms with Gasteiger partial charge < -0.3 is 45.9 Å². The molecular formula is C40H52N8O9. The molecule has 0 aliphatic carbocycles. The van der Waals surface area contributed by atoms with Crippen molar-refractivity contribution in [3.05, 3.63) is 66.1 Å². The van der Waals surface area contributed by atoms with Crippen LogP contribution >= 0.6 is 0 Å². The summed E-state index contributed by atoms with van der Waals surface area (Å²) in [6.07, 6.45) is 0.931. The second kappa shape index (κ2) is 20.4. The number of amides is 6. The lowest BCUT2D eigenvalue weighted by molar-refractivity contribution is -0.142. The van der Waals surface area contributed by atoms with Crippen LogP contribution in [-0.2, 0) is 41.6 Å². The predicted molar refractivity (Wildman–Crippen MR) is 206 cm³/mol. The Morgan fingerprint density at radius 3 is 2.40 bits per heavy atom. The minimum absolute atomic E-state index is 0.0852. The molecule has 1 aromatic heterocycles. The number of nitrogens with one attached hydrogen (secondary N) is 5. The number of nitrogens with zero attached hydrogens (tertiary/aromatic N) is 3. The van der Waals surface area contributed by atoms with Gasteiger partial charge in [-0.3, -0.25) is 28.8 Å². The van der Waals surface area contributed by atoms with Gasteiger partial charge in [-0.25, -0.2) is 0 Å². The third kappa shape index (κ3) is 11.4.